The van der Waals surface area contributed by atoms with Gasteiger partial charge in [0.15, 0.2) is 0 Å². The second kappa shape index (κ2) is 4.37. The summed E-state index contributed by atoms with van der Waals surface area (Å²) in [6, 6.07) is 3.74. The van der Waals surface area contributed by atoms with Crippen LogP contribution in [0.3, 0.4) is 0 Å². The summed E-state index contributed by atoms with van der Waals surface area (Å²) in [6.07, 6.45) is 3.45. The molecule has 0 amide bonds. The third-order valence-corrected chi connectivity index (χ3v) is 2.30. The van der Waals surface area contributed by atoms with Gasteiger partial charge in [-0.25, -0.2) is 9.67 Å². The Bertz CT molecular complexity index is 453. The molecular formula is C9H10ClN5. The highest BCUT2D eigenvalue weighted by Gasteiger charge is 2.03. The van der Waals surface area contributed by atoms with Crippen molar-refractivity contribution < 1.29 is 0 Å². The zero-order valence-electron chi connectivity index (χ0n) is 7.97. The summed E-state index contributed by atoms with van der Waals surface area (Å²) in [5.41, 5.74) is 7.10. The van der Waals surface area contributed by atoms with E-state index in [4.69, 9.17) is 17.3 Å². The summed E-state index contributed by atoms with van der Waals surface area (Å²) in [7, 11) is 0. The van der Waals surface area contributed by atoms with Gasteiger partial charge in [0.05, 0.1) is 18.4 Å². The van der Waals surface area contributed by atoms with Crippen molar-refractivity contribution in [2.24, 2.45) is 5.73 Å². The van der Waals surface area contributed by atoms with Crippen LogP contribution in [0.2, 0.25) is 5.15 Å². The first-order valence-corrected chi connectivity index (χ1v) is 4.86. The van der Waals surface area contributed by atoms with Crippen molar-refractivity contribution in [2.75, 3.05) is 0 Å². The average molecular weight is 224 g/mol. The van der Waals surface area contributed by atoms with Crippen LogP contribution in [0.1, 0.15) is 11.3 Å². The van der Waals surface area contributed by atoms with Gasteiger partial charge in [-0.15, -0.1) is 5.10 Å². The molecule has 0 saturated carbocycles. The van der Waals surface area contributed by atoms with Crippen LogP contribution in [0, 0.1) is 0 Å². The third-order valence-electron chi connectivity index (χ3n) is 1.96. The minimum absolute atomic E-state index is 0.390. The van der Waals surface area contributed by atoms with Gasteiger partial charge in [0.25, 0.3) is 0 Å². The molecule has 5 nitrogen and oxygen atoms in total. The van der Waals surface area contributed by atoms with Crippen LogP contribution in [0.4, 0.5) is 0 Å². The van der Waals surface area contributed by atoms with Crippen molar-refractivity contribution in [1.29, 1.82) is 0 Å². The Morgan fingerprint density at radius 1 is 1.47 bits per heavy atom. The predicted molar refractivity (Wildman–Crippen MR) is 56.3 cm³/mol. The topological polar surface area (TPSA) is 69.6 Å². The van der Waals surface area contributed by atoms with E-state index in [9.17, 15) is 0 Å². The minimum atomic E-state index is 0.390. The molecule has 0 fully saturated rings. The van der Waals surface area contributed by atoms with Crippen molar-refractivity contribution in [1.82, 2.24) is 20.0 Å². The first kappa shape index (κ1) is 10.1. The maximum Gasteiger partial charge on any atom is 0.134 e. The van der Waals surface area contributed by atoms with Crippen molar-refractivity contribution in [3.8, 4) is 0 Å². The van der Waals surface area contributed by atoms with Crippen LogP contribution in [0.25, 0.3) is 0 Å². The molecule has 0 aliphatic heterocycles. The molecule has 2 heterocycles. The monoisotopic (exact) mass is 223 g/mol. The van der Waals surface area contributed by atoms with Gasteiger partial charge in [-0.1, -0.05) is 22.9 Å². The third kappa shape index (κ3) is 2.31. The fourth-order valence-electron chi connectivity index (χ4n) is 1.22. The van der Waals surface area contributed by atoms with E-state index in [-0.39, 0.29) is 0 Å². The molecule has 0 saturated heterocycles. The van der Waals surface area contributed by atoms with Gasteiger partial charge in [-0.2, -0.15) is 0 Å². The Kier molecular flexibility index (Phi) is 2.94. The van der Waals surface area contributed by atoms with E-state index in [1.165, 1.54) is 0 Å². The molecule has 0 radical (unpaired) electrons. The van der Waals surface area contributed by atoms with Gasteiger partial charge in [0, 0.05) is 18.3 Å². The maximum atomic E-state index is 5.92. The number of rotatable bonds is 3. The Labute approximate surface area is 91.9 Å². The van der Waals surface area contributed by atoms with Gasteiger partial charge in [0.2, 0.25) is 0 Å². The van der Waals surface area contributed by atoms with Crippen molar-refractivity contribution in [3.63, 3.8) is 0 Å². The molecule has 2 rings (SSSR count). The number of nitrogens with two attached hydrogens (primary N) is 1. The first-order valence-electron chi connectivity index (χ1n) is 4.48. The normalized spacial score (nSPS) is 10.5. The second-order valence-corrected chi connectivity index (χ2v) is 3.42. The summed E-state index contributed by atoms with van der Waals surface area (Å²) in [6.45, 7) is 0.945. The Morgan fingerprint density at radius 2 is 2.33 bits per heavy atom. The number of halogens is 1. The number of pyridine rings is 1. The maximum absolute atomic E-state index is 5.92. The summed E-state index contributed by atoms with van der Waals surface area (Å²) >= 11 is 5.92. The first-order chi connectivity index (χ1) is 7.29. The van der Waals surface area contributed by atoms with Crippen LogP contribution in [-0.2, 0) is 13.1 Å². The van der Waals surface area contributed by atoms with Crippen LogP contribution >= 0.6 is 11.6 Å². The number of hydrogen-bond acceptors (Lipinski definition) is 4. The van der Waals surface area contributed by atoms with Crippen molar-refractivity contribution >= 4 is 11.6 Å². The molecule has 0 spiro atoms. The van der Waals surface area contributed by atoms with E-state index in [2.05, 4.69) is 15.3 Å². The minimum Gasteiger partial charge on any atom is -0.325 e. The summed E-state index contributed by atoms with van der Waals surface area (Å²) < 4.78 is 1.69. The molecule has 15 heavy (non-hydrogen) atoms. The van der Waals surface area contributed by atoms with Crippen LogP contribution in [0.15, 0.2) is 24.5 Å². The van der Waals surface area contributed by atoms with Crippen LogP contribution < -0.4 is 5.73 Å². The molecule has 0 unspecified atom stereocenters. The molecule has 6 heteroatoms. The summed E-state index contributed by atoms with van der Waals surface area (Å²) in [4.78, 5) is 3.98. The van der Waals surface area contributed by atoms with Gasteiger partial charge < -0.3 is 5.73 Å². The van der Waals surface area contributed by atoms with Gasteiger partial charge >= 0.3 is 0 Å². The molecule has 0 aromatic carbocycles. The van der Waals surface area contributed by atoms with E-state index in [1.807, 2.05) is 12.1 Å². The number of nitrogens with zero attached hydrogens (tertiary/aromatic N) is 4. The fourth-order valence-corrected chi connectivity index (χ4v) is 1.40. The second-order valence-electron chi connectivity index (χ2n) is 3.06. The van der Waals surface area contributed by atoms with Gasteiger partial charge in [0.1, 0.15) is 5.15 Å². The highest BCUT2D eigenvalue weighted by molar-refractivity contribution is 6.30. The van der Waals surface area contributed by atoms with Crippen molar-refractivity contribution in [3.05, 3.63) is 40.9 Å². The van der Waals surface area contributed by atoms with Crippen molar-refractivity contribution in [2.45, 2.75) is 13.1 Å². The lowest BCUT2D eigenvalue weighted by atomic mass is 10.3. The molecule has 0 atom stereocenters. The Morgan fingerprint density at radius 3 is 3.00 bits per heavy atom. The Balaban J connectivity index is 2.18. The fraction of sp³-hybridized carbons (Fsp3) is 0.222. The molecular weight excluding hydrogens is 214 g/mol. The lowest BCUT2D eigenvalue weighted by Crippen LogP contribution is -2.01. The van der Waals surface area contributed by atoms with Crippen LogP contribution in [0.5, 0.6) is 0 Å². The SMILES string of the molecule is NCc1cn(Cc2cccnc2Cl)nn1. The average Bonchev–Trinajstić information content (AvgIpc) is 2.69. The van der Waals surface area contributed by atoms with E-state index in [0.717, 1.165) is 11.3 Å². The lowest BCUT2D eigenvalue weighted by Gasteiger charge is -2.01. The van der Waals surface area contributed by atoms with Gasteiger partial charge in [-0.05, 0) is 6.07 Å². The lowest BCUT2D eigenvalue weighted by molar-refractivity contribution is 0.648. The molecule has 2 N–H and O–H groups in total. The van der Waals surface area contributed by atoms with Crippen LogP contribution in [-0.4, -0.2) is 20.0 Å². The van der Waals surface area contributed by atoms with E-state index >= 15 is 0 Å². The zero-order chi connectivity index (χ0) is 10.7. The summed E-state index contributed by atoms with van der Waals surface area (Å²) in [5.74, 6) is 0. The zero-order valence-corrected chi connectivity index (χ0v) is 8.72. The van der Waals surface area contributed by atoms with Gasteiger partial charge in [-0.3, -0.25) is 0 Å². The standard InChI is InChI=1S/C9H10ClN5/c10-9-7(2-1-3-12-9)5-15-6-8(4-11)13-14-15/h1-3,6H,4-5,11H2. The number of aromatic nitrogens is 4. The quantitative estimate of drug-likeness (QED) is 0.783. The predicted octanol–water partition coefficient (Wildman–Crippen LogP) is 0.834. The Hall–Kier alpha value is -1.46. The molecule has 2 aromatic heterocycles. The highest BCUT2D eigenvalue weighted by atomic mass is 35.5. The summed E-state index contributed by atoms with van der Waals surface area (Å²) in [5, 5.41) is 8.30. The molecule has 0 bridgehead atoms. The number of hydrogen-bond donors (Lipinski definition) is 1. The highest BCUT2D eigenvalue weighted by Crippen LogP contribution is 2.12. The molecule has 0 aliphatic rings. The van der Waals surface area contributed by atoms with E-state index in [0.29, 0.717) is 18.2 Å². The molecule has 78 valence electrons. The molecule has 2 aromatic rings. The van der Waals surface area contributed by atoms with E-state index in [1.54, 1.807) is 17.1 Å². The largest absolute Gasteiger partial charge is 0.325 e. The molecule has 0 aliphatic carbocycles. The van der Waals surface area contributed by atoms with E-state index < -0.39 is 0 Å². The smallest absolute Gasteiger partial charge is 0.134 e.